The number of cyclic esters (lactones) is 1. The molecule has 4 heteroatoms. The number of aliphatic hydroxyl groups is 2. The van der Waals surface area contributed by atoms with Crippen molar-refractivity contribution in [2.75, 3.05) is 13.2 Å². The summed E-state index contributed by atoms with van der Waals surface area (Å²) < 4.78 is 5.19. The molecule has 1 aliphatic heterocycles. The smallest absolute Gasteiger partial charge is 0.331 e. The van der Waals surface area contributed by atoms with Crippen LogP contribution in [0.4, 0.5) is 0 Å². The number of esters is 1. The molecule has 1 aliphatic carbocycles. The third-order valence-corrected chi connectivity index (χ3v) is 6.96. The first kappa shape index (κ1) is 23.9. The van der Waals surface area contributed by atoms with Gasteiger partial charge in [-0.2, -0.15) is 0 Å². The van der Waals surface area contributed by atoms with Crippen LogP contribution in [0.5, 0.6) is 0 Å². The second kappa shape index (κ2) is 11.1. The van der Waals surface area contributed by atoms with Gasteiger partial charge in [0.1, 0.15) is 6.10 Å². The zero-order valence-corrected chi connectivity index (χ0v) is 18.7. The second-order valence-corrected chi connectivity index (χ2v) is 9.65. The fraction of sp³-hybridized carbons (Fsp3) is 0.720. The number of carbonyl (C=O) groups is 1. The van der Waals surface area contributed by atoms with Crippen LogP contribution >= 0.6 is 0 Å². The molecule has 0 radical (unpaired) electrons. The molecule has 0 amide bonds. The van der Waals surface area contributed by atoms with E-state index in [0.29, 0.717) is 17.4 Å². The Morgan fingerprint density at radius 3 is 2.69 bits per heavy atom. The van der Waals surface area contributed by atoms with E-state index in [4.69, 9.17) is 4.74 Å². The van der Waals surface area contributed by atoms with E-state index in [9.17, 15) is 15.0 Å². The van der Waals surface area contributed by atoms with E-state index in [1.165, 1.54) is 37.3 Å². The molecule has 164 valence electrons. The highest BCUT2D eigenvalue weighted by atomic mass is 16.5. The average Bonchev–Trinajstić information content (AvgIpc) is 3.03. The SMILES string of the molecule is C/C(=C\CC/C(=C/C[C@H]1OC(=O)C=C1CO)CO)CCC1C(C)CCCC1(C)C. The number of hydrogen-bond acceptors (Lipinski definition) is 4. The lowest BCUT2D eigenvalue weighted by Gasteiger charge is -2.43. The quantitative estimate of drug-likeness (QED) is 0.392. The van der Waals surface area contributed by atoms with Crippen LogP contribution in [0.1, 0.15) is 79.1 Å². The molecule has 0 aromatic heterocycles. The normalized spacial score (nSPS) is 27.7. The molecule has 4 nitrogen and oxygen atoms in total. The Balaban J connectivity index is 1.79. The number of ether oxygens (including phenoxy) is 1. The van der Waals surface area contributed by atoms with Crippen molar-refractivity contribution in [1.29, 1.82) is 0 Å². The molecular weight excluding hydrogens is 364 g/mol. The van der Waals surface area contributed by atoms with Gasteiger partial charge in [-0.25, -0.2) is 4.79 Å². The van der Waals surface area contributed by atoms with Gasteiger partial charge in [-0.3, -0.25) is 0 Å². The third-order valence-electron chi connectivity index (χ3n) is 6.96. The molecule has 0 aromatic carbocycles. The standard InChI is InChI=1S/C25H40O4/c1-18(10-12-22-19(2)8-6-14-25(22,3)4)7-5-9-20(16-26)11-13-23-21(17-27)15-24(28)29-23/h7,11,15,19,22-23,26-27H,5-6,8-10,12-14,16-17H2,1-4H3/b18-7+,20-11-/t19?,22?,23-/m1/s1. The maximum Gasteiger partial charge on any atom is 0.331 e. The first-order valence-electron chi connectivity index (χ1n) is 11.2. The summed E-state index contributed by atoms with van der Waals surface area (Å²) in [5.74, 6) is 1.22. The van der Waals surface area contributed by atoms with Crippen LogP contribution in [0.2, 0.25) is 0 Å². The van der Waals surface area contributed by atoms with Gasteiger partial charge in [0.25, 0.3) is 0 Å². The number of aliphatic hydroxyl groups excluding tert-OH is 2. The summed E-state index contributed by atoms with van der Waals surface area (Å²) >= 11 is 0. The number of hydrogen-bond donors (Lipinski definition) is 2. The Labute approximate surface area is 176 Å². The van der Waals surface area contributed by atoms with Gasteiger partial charge >= 0.3 is 5.97 Å². The van der Waals surface area contributed by atoms with E-state index in [1.807, 2.05) is 6.08 Å². The minimum absolute atomic E-state index is 0.0134. The highest BCUT2D eigenvalue weighted by Gasteiger charge is 2.36. The number of carbonyl (C=O) groups excluding carboxylic acids is 1. The minimum Gasteiger partial charge on any atom is -0.454 e. The van der Waals surface area contributed by atoms with Crippen molar-refractivity contribution in [2.24, 2.45) is 17.3 Å². The van der Waals surface area contributed by atoms with E-state index >= 15 is 0 Å². The molecule has 1 saturated carbocycles. The lowest BCUT2D eigenvalue weighted by atomic mass is 9.62. The zero-order valence-electron chi connectivity index (χ0n) is 18.7. The molecule has 2 rings (SSSR count). The fourth-order valence-electron chi connectivity index (χ4n) is 5.06. The van der Waals surface area contributed by atoms with Crippen molar-refractivity contribution in [3.05, 3.63) is 34.9 Å². The monoisotopic (exact) mass is 404 g/mol. The van der Waals surface area contributed by atoms with Crippen LogP contribution in [0.3, 0.4) is 0 Å². The van der Waals surface area contributed by atoms with Crippen molar-refractivity contribution >= 4 is 5.97 Å². The predicted molar refractivity (Wildman–Crippen MR) is 117 cm³/mol. The highest BCUT2D eigenvalue weighted by Crippen LogP contribution is 2.46. The summed E-state index contributed by atoms with van der Waals surface area (Å²) in [7, 11) is 0. The Bertz CT molecular complexity index is 641. The maximum absolute atomic E-state index is 11.3. The van der Waals surface area contributed by atoms with Crippen molar-refractivity contribution in [3.8, 4) is 0 Å². The van der Waals surface area contributed by atoms with Gasteiger partial charge < -0.3 is 14.9 Å². The van der Waals surface area contributed by atoms with Gasteiger partial charge in [0.15, 0.2) is 0 Å². The largest absolute Gasteiger partial charge is 0.454 e. The highest BCUT2D eigenvalue weighted by molar-refractivity contribution is 5.85. The molecule has 29 heavy (non-hydrogen) atoms. The van der Waals surface area contributed by atoms with Crippen LogP contribution < -0.4 is 0 Å². The van der Waals surface area contributed by atoms with Crippen molar-refractivity contribution < 1.29 is 19.7 Å². The average molecular weight is 405 g/mol. The van der Waals surface area contributed by atoms with Gasteiger partial charge in [0.2, 0.25) is 0 Å². The molecule has 1 fully saturated rings. The molecule has 2 N–H and O–H groups in total. The summed E-state index contributed by atoms with van der Waals surface area (Å²) in [5.41, 5.74) is 3.46. The first-order valence-corrected chi connectivity index (χ1v) is 11.2. The molecule has 2 aliphatic rings. The number of allylic oxidation sites excluding steroid dienone is 2. The summed E-state index contributed by atoms with van der Waals surface area (Å²) in [4.78, 5) is 11.3. The van der Waals surface area contributed by atoms with Crippen molar-refractivity contribution in [2.45, 2.75) is 85.2 Å². The van der Waals surface area contributed by atoms with Gasteiger partial charge in [-0.05, 0) is 61.9 Å². The van der Waals surface area contributed by atoms with E-state index in [2.05, 4.69) is 33.8 Å². The minimum atomic E-state index is -0.396. The Kier molecular flexibility index (Phi) is 9.16. The molecule has 0 bridgehead atoms. The summed E-state index contributed by atoms with van der Waals surface area (Å²) in [6, 6.07) is 0. The van der Waals surface area contributed by atoms with Gasteiger partial charge in [0.05, 0.1) is 13.2 Å². The molecular formula is C25H40O4. The van der Waals surface area contributed by atoms with Gasteiger partial charge in [-0.1, -0.05) is 51.3 Å². The predicted octanol–water partition coefficient (Wildman–Crippen LogP) is 5.11. The lowest BCUT2D eigenvalue weighted by Crippen LogP contribution is -2.33. The Morgan fingerprint density at radius 2 is 2.03 bits per heavy atom. The topological polar surface area (TPSA) is 66.8 Å². The van der Waals surface area contributed by atoms with Crippen LogP contribution in [-0.4, -0.2) is 35.5 Å². The second-order valence-electron chi connectivity index (χ2n) is 9.65. The van der Waals surface area contributed by atoms with Crippen molar-refractivity contribution in [3.63, 3.8) is 0 Å². The molecule has 3 atom stereocenters. The van der Waals surface area contributed by atoms with E-state index in [-0.39, 0.29) is 13.2 Å². The van der Waals surface area contributed by atoms with E-state index in [0.717, 1.165) is 36.7 Å². The van der Waals surface area contributed by atoms with Gasteiger partial charge in [0, 0.05) is 18.1 Å². The Morgan fingerprint density at radius 1 is 1.28 bits per heavy atom. The lowest BCUT2D eigenvalue weighted by molar-refractivity contribution is -0.138. The summed E-state index contributed by atoms with van der Waals surface area (Å²) in [6.07, 6.45) is 13.9. The Hall–Kier alpha value is -1.39. The summed E-state index contributed by atoms with van der Waals surface area (Å²) in [5, 5.41) is 18.9. The third kappa shape index (κ3) is 7.11. The van der Waals surface area contributed by atoms with Crippen LogP contribution in [0, 0.1) is 17.3 Å². The maximum atomic E-state index is 11.3. The van der Waals surface area contributed by atoms with E-state index in [1.54, 1.807) is 0 Å². The summed E-state index contributed by atoms with van der Waals surface area (Å²) in [6.45, 7) is 9.35. The zero-order chi connectivity index (χ0) is 21.4. The first-order chi connectivity index (χ1) is 13.8. The van der Waals surface area contributed by atoms with Crippen LogP contribution in [0.15, 0.2) is 34.9 Å². The van der Waals surface area contributed by atoms with Crippen molar-refractivity contribution in [1.82, 2.24) is 0 Å². The van der Waals surface area contributed by atoms with Crippen LogP contribution in [-0.2, 0) is 9.53 Å². The molecule has 0 saturated heterocycles. The van der Waals surface area contributed by atoms with Gasteiger partial charge in [-0.15, -0.1) is 0 Å². The number of rotatable bonds is 10. The van der Waals surface area contributed by atoms with Crippen LogP contribution in [0.25, 0.3) is 0 Å². The molecule has 0 aromatic rings. The molecule has 0 spiro atoms. The fourth-order valence-corrected chi connectivity index (χ4v) is 5.06. The molecule has 1 heterocycles. The van der Waals surface area contributed by atoms with E-state index < -0.39 is 12.1 Å². The molecule has 2 unspecified atom stereocenters.